The average molecular weight is 381 g/mol. The second-order valence-corrected chi connectivity index (χ2v) is 4.15. The van der Waals surface area contributed by atoms with Gasteiger partial charge in [0.2, 0.25) is 0 Å². The van der Waals surface area contributed by atoms with Crippen LogP contribution in [-0.4, -0.2) is 4.98 Å². The van der Waals surface area contributed by atoms with Crippen molar-refractivity contribution in [3.05, 3.63) is 25.1 Å². The molecule has 0 amide bonds. The number of nitrogens with zero attached hydrogens (tertiary/aromatic N) is 1. The van der Waals surface area contributed by atoms with Gasteiger partial charge in [-0.25, -0.2) is 8.78 Å². The van der Waals surface area contributed by atoms with Crippen LogP contribution in [0.2, 0.25) is 0 Å². The Kier molecular flexibility index (Phi) is 3.41. The fourth-order valence-corrected chi connectivity index (χ4v) is 1.30. The van der Waals surface area contributed by atoms with Gasteiger partial charge in [-0.2, -0.15) is 0 Å². The second kappa shape index (κ2) is 3.92. The summed E-state index contributed by atoms with van der Waals surface area (Å²) < 4.78 is 25.7. The zero-order valence-corrected chi connectivity index (χ0v) is 9.51. The molecule has 1 aromatic rings. The van der Waals surface area contributed by atoms with Gasteiger partial charge in [0.05, 0.1) is 0 Å². The van der Waals surface area contributed by atoms with Crippen LogP contribution in [0, 0.1) is 7.14 Å². The normalized spacial score (nSPS) is 10.6. The first-order valence-corrected chi connectivity index (χ1v) is 4.86. The van der Waals surface area contributed by atoms with Crippen molar-refractivity contribution in [1.29, 1.82) is 0 Å². The molecule has 60 valence electrons. The van der Waals surface area contributed by atoms with Gasteiger partial charge in [-0.1, -0.05) is 0 Å². The number of pyridine rings is 1. The quantitative estimate of drug-likeness (QED) is 0.682. The van der Waals surface area contributed by atoms with Gasteiger partial charge in [-0.05, 0) is 51.2 Å². The molecule has 0 fully saturated rings. The first-order valence-electron chi connectivity index (χ1n) is 2.70. The van der Waals surface area contributed by atoms with E-state index in [9.17, 15) is 8.78 Å². The fraction of sp³-hybridized carbons (Fsp3) is 0.167. The Bertz CT molecular complexity index is 265. The van der Waals surface area contributed by atoms with Gasteiger partial charge in [-0.3, -0.25) is 4.98 Å². The van der Waals surface area contributed by atoms with Crippen molar-refractivity contribution >= 4 is 45.2 Å². The molecule has 0 aliphatic heterocycles. The molecular formula is C6H3F2I2N. The molecule has 0 atom stereocenters. The molecule has 0 N–H and O–H groups in total. The third kappa shape index (κ3) is 2.46. The summed E-state index contributed by atoms with van der Waals surface area (Å²) in [4.78, 5) is 3.58. The van der Waals surface area contributed by atoms with E-state index in [-0.39, 0.29) is 5.69 Å². The minimum Gasteiger partial charge on any atom is -0.254 e. The van der Waals surface area contributed by atoms with Gasteiger partial charge in [0.15, 0.2) is 0 Å². The molecule has 0 saturated carbocycles. The monoisotopic (exact) mass is 381 g/mol. The molecule has 1 rings (SSSR count). The number of halogens is 4. The summed E-state index contributed by atoms with van der Waals surface area (Å²) in [5.41, 5.74) is -0.158. The van der Waals surface area contributed by atoms with E-state index in [0.717, 1.165) is 7.14 Å². The van der Waals surface area contributed by atoms with E-state index in [1.807, 2.05) is 45.2 Å². The molecule has 0 radical (unpaired) electrons. The van der Waals surface area contributed by atoms with E-state index < -0.39 is 6.43 Å². The van der Waals surface area contributed by atoms with Gasteiger partial charge in [0.1, 0.15) is 5.69 Å². The van der Waals surface area contributed by atoms with Crippen LogP contribution in [0.3, 0.4) is 0 Å². The van der Waals surface area contributed by atoms with Gasteiger partial charge < -0.3 is 0 Å². The lowest BCUT2D eigenvalue weighted by Gasteiger charge is -1.99. The first kappa shape index (κ1) is 9.56. The summed E-state index contributed by atoms with van der Waals surface area (Å²) in [7, 11) is 0. The third-order valence-electron chi connectivity index (χ3n) is 1.05. The smallest absolute Gasteiger partial charge is 0.254 e. The summed E-state index contributed by atoms with van der Waals surface area (Å²) in [6.45, 7) is 0. The minimum absolute atomic E-state index is 0.158. The van der Waals surface area contributed by atoms with E-state index in [0.29, 0.717) is 0 Å². The van der Waals surface area contributed by atoms with Crippen LogP contribution in [0.15, 0.2) is 12.3 Å². The average Bonchev–Trinajstić information content (AvgIpc) is 1.94. The Morgan fingerprint density at radius 3 is 2.36 bits per heavy atom. The van der Waals surface area contributed by atoms with Gasteiger partial charge in [0, 0.05) is 13.3 Å². The lowest BCUT2D eigenvalue weighted by atomic mass is 10.4. The number of hydrogen-bond acceptors (Lipinski definition) is 1. The molecule has 0 unspecified atom stereocenters. The topological polar surface area (TPSA) is 12.9 Å². The SMILES string of the molecule is FC(F)c1cc(I)c(I)cn1. The molecule has 11 heavy (non-hydrogen) atoms. The Balaban J connectivity index is 3.05. The molecule has 0 bridgehead atoms. The van der Waals surface area contributed by atoms with Crippen LogP contribution in [0.25, 0.3) is 0 Å². The molecule has 5 heteroatoms. The molecule has 1 aromatic heterocycles. The standard InChI is InChI=1S/C6H3F2I2N/c7-6(8)5-1-3(9)4(10)2-11-5/h1-2,6H. The summed E-state index contributed by atoms with van der Waals surface area (Å²) >= 11 is 4.05. The van der Waals surface area contributed by atoms with Crippen molar-refractivity contribution in [2.24, 2.45) is 0 Å². The van der Waals surface area contributed by atoms with Crippen LogP contribution in [-0.2, 0) is 0 Å². The maximum absolute atomic E-state index is 12.0. The third-order valence-corrected chi connectivity index (χ3v) is 3.84. The maximum Gasteiger partial charge on any atom is 0.280 e. The van der Waals surface area contributed by atoms with E-state index in [1.165, 1.54) is 12.3 Å². The van der Waals surface area contributed by atoms with E-state index in [4.69, 9.17) is 0 Å². The molecule has 0 aromatic carbocycles. The Labute approximate surface area is 89.9 Å². The van der Waals surface area contributed by atoms with Gasteiger partial charge >= 0.3 is 0 Å². The van der Waals surface area contributed by atoms with Crippen LogP contribution in [0.1, 0.15) is 12.1 Å². The highest BCUT2D eigenvalue weighted by molar-refractivity contribution is 14.1. The lowest BCUT2D eigenvalue weighted by molar-refractivity contribution is 0.146. The summed E-state index contributed by atoms with van der Waals surface area (Å²) in [5, 5.41) is 0. The number of aromatic nitrogens is 1. The predicted octanol–water partition coefficient (Wildman–Crippen LogP) is 3.23. The van der Waals surface area contributed by atoms with Crippen molar-refractivity contribution in [2.75, 3.05) is 0 Å². The maximum atomic E-state index is 12.0. The number of rotatable bonds is 1. The zero-order valence-electron chi connectivity index (χ0n) is 5.19. The Hall–Kier alpha value is 0.470. The van der Waals surface area contributed by atoms with Crippen molar-refractivity contribution in [3.8, 4) is 0 Å². The van der Waals surface area contributed by atoms with Crippen molar-refractivity contribution in [1.82, 2.24) is 4.98 Å². The highest BCUT2D eigenvalue weighted by atomic mass is 127. The van der Waals surface area contributed by atoms with E-state index in [2.05, 4.69) is 4.98 Å². The van der Waals surface area contributed by atoms with Crippen molar-refractivity contribution in [2.45, 2.75) is 6.43 Å². The molecule has 0 aliphatic carbocycles. The van der Waals surface area contributed by atoms with Crippen molar-refractivity contribution in [3.63, 3.8) is 0 Å². The highest BCUT2D eigenvalue weighted by Crippen LogP contribution is 2.20. The molecule has 0 spiro atoms. The van der Waals surface area contributed by atoms with Gasteiger partial charge in [-0.15, -0.1) is 0 Å². The predicted molar refractivity (Wildman–Crippen MR) is 54.6 cm³/mol. The molecular weight excluding hydrogens is 378 g/mol. The zero-order chi connectivity index (χ0) is 8.43. The largest absolute Gasteiger partial charge is 0.280 e. The van der Waals surface area contributed by atoms with Crippen molar-refractivity contribution < 1.29 is 8.78 Å². The first-order chi connectivity index (χ1) is 5.11. The fourth-order valence-electron chi connectivity index (χ4n) is 0.548. The molecule has 0 aliphatic rings. The van der Waals surface area contributed by atoms with Crippen LogP contribution in [0.5, 0.6) is 0 Å². The van der Waals surface area contributed by atoms with Crippen LogP contribution < -0.4 is 0 Å². The molecule has 1 nitrogen and oxygen atoms in total. The summed E-state index contributed by atoms with van der Waals surface area (Å²) in [6, 6.07) is 1.40. The minimum atomic E-state index is -2.47. The van der Waals surface area contributed by atoms with E-state index in [1.54, 1.807) is 0 Å². The Morgan fingerprint density at radius 1 is 1.27 bits per heavy atom. The van der Waals surface area contributed by atoms with Crippen LogP contribution in [0.4, 0.5) is 8.78 Å². The molecule has 1 heterocycles. The van der Waals surface area contributed by atoms with Crippen LogP contribution >= 0.6 is 45.2 Å². The second-order valence-electron chi connectivity index (χ2n) is 1.82. The number of hydrogen-bond donors (Lipinski definition) is 0. The molecule has 0 saturated heterocycles. The Morgan fingerprint density at radius 2 is 1.91 bits per heavy atom. The highest BCUT2D eigenvalue weighted by Gasteiger charge is 2.09. The lowest BCUT2D eigenvalue weighted by Crippen LogP contribution is -1.92. The summed E-state index contributed by atoms with van der Waals surface area (Å²) in [6.07, 6.45) is -1.02. The van der Waals surface area contributed by atoms with E-state index >= 15 is 0 Å². The van der Waals surface area contributed by atoms with Gasteiger partial charge in [0.25, 0.3) is 6.43 Å². The summed E-state index contributed by atoms with van der Waals surface area (Å²) in [5.74, 6) is 0. The number of alkyl halides is 2.